The van der Waals surface area contributed by atoms with E-state index < -0.39 is 16.1 Å². The Kier molecular flexibility index (Phi) is 3.73. The lowest BCUT2D eigenvalue weighted by atomic mass is 10.4. The van der Waals surface area contributed by atoms with Crippen molar-refractivity contribution in [3.63, 3.8) is 0 Å². The first-order valence-corrected chi connectivity index (χ1v) is 12.1. The van der Waals surface area contributed by atoms with Crippen molar-refractivity contribution in [2.45, 2.75) is 32.7 Å². The van der Waals surface area contributed by atoms with Crippen LogP contribution in [0.15, 0.2) is 35.2 Å². The zero-order valence-electron chi connectivity index (χ0n) is 10.8. The maximum atomic E-state index is 11.3. The monoisotopic (exact) mass is 248 g/mol. The Labute approximate surface area is 100 Å². The third kappa shape index (κ3) is 2.61. The van der Waals surface area contributed by atoms with Crippen LogP contribution in [-0.4, -0.2) is 22.1 Å². The van der Waals surface area contributed by atoms with Crippen molar-refractivity contribution >= 4 is 27.3 Å². The van der Waals surface area contributed by atoms with E-state index in [1.165, 1.54) is 5.19 Å². The van der Waals surface area contributed by atoms with Crippen LogP contribution in [0.25, 0.3) is 0 Å². The van der Waals surface area contributed by atoms with Gasteiger partial charge in [-0.05, 0) is 4.82 Å². The van der Waals surface area contributed by atoms with Crippen molar-refractivity contribution in [1.82, 2.24) is 0 Å². The summed E-state index contributed by atoms with van der Waals surface area (Å²) in [6.07, 6.45) is 0. The van der Waals surface area contributed by atoms with E-state index in [4.69, 9.17) is 0 Å². The molecular weight excluding hydrogens is 228 g/mol. The molecule has 86 valence electrons. The summed E-state index contributed by atoms with van der Waals surface area (Å²) < 4.78 is 0. The Morgan fingerprint density at radius 1 is 1.00 bits per heavy atom. The molecule has 16 heavy (non-hydrogen) atoms. The Hall–Kier alpha value is -0.896. The normalized spacial score (nSPS) is 12.1. The second-order valence-electron chi connectivity index (χ2n) is 5.72. The molecule has 1 aromatic carbocycles. The van der Waals surface area contributed by atoms with Gasteiger partial charge in [-0.3, -0.25) is 0 Å². The Morgan fingerprint density at radius 2 is 1.50 bits per heavy atom. The van der Waals surface area contributed by atoms with Gasteiger partial charge < -0.3 is 0 Å². The molecule has 0 saturated carbocycles. The summed E-state index contributed by atoms with van der Waals surface area (Å²) in [6.45, 7) is 11.2. The molecule has 0 N–H and O–H groups in total. The van der Waals surface area contributed by atoms with Crippen LogP contribution in [0.1, 0.15) is 0 Å². The van der Waals surface area contributed by atoms with Crippen molar-refractivity contribution in [3.8, 4) is 0 Å². The van der Waals surface area contributed by atoms with Gasteiger partial charge in [-0.1, -0.05) is 68.3 Å². The summed E-state index contributed by atoms with van der Waals surface area (Å²) >= 11 is 0. The van der Waals surface area contributed by atoms with Crippen molar-refractivity contribution in [1.29, 1.82) is 0 Å². The number of hydrogen-bond donors (Lipinski definition) is 0. The molecular formula is C13H20OSi2. The standard InChI is InChI=1S/C13H20OSi2/c1-15(2,3)13(11-14)16(4,5)12-9-7-6-8-10-12/h6-10H,1-5H3. The largest absolute Gasteiger partial charge is 0.234 e. The van der Waals surface area contributed by atoms with Gasteiger partial charge in [0.1, 0.15) is 14.0 Å². The second-order valence-corrected chi connectivity index (χ2v) is 15.5. The van der Waals surface area contributed by atoms with E-state index in [0.29, 0.717) is 0 Å². The molecule has 0 bridgehead atoms. The van der Waals surface area contributed by atoms with Gasteiger partial charge >= 0.3 is 0 Å². The number of carbonyl (C=O) groups excluding carboxylic acids is 1. The molecule has 3 heteroatoms. The quantitative estimate of drug-likeness (QED) is 0.594. The second kappa shape index (κ2) is 4.54. The van der Waals surface area contributed by atoms with E-state index in [9.17, 15) is 4.79 Å². The summed E-state index contributed by atoms with van der Waals surface area (Å²) in [6, 6.07) is 10.4. The summed E-state index contributed by atoms with van der Waals surface area (Å²) in [5, 5.41) is 1.33. The Bertz CT molecular complexity index is 409. The fourth-order valence-corrected chi connectivity index (χ4v) is 12.0. The van der Waals surface area contributed by atoms with Crippen LogP contribution < -0.4 is 5.19 Å². The SMILES string of the molecule is C[Si](C)(C)C(=C=O)[Si](C)(C)c1ccccc1. The summed E-state index contributed by atoms with van der Waals surface area (Å²) in [4.78, 5) is 12.4. The Balaban J connectivity index is 3.27. The molecule has 1 nitrogen and oxygen atoms in total. The maximum absolute atomic E-state index is 11.3. The Morgan fingerprint density at radius 3 is 1.88 bits per heavy atom. The van der Waals surface area contributed by atoms with E-state index in [-0.39, 0.29) is 0 Å². The molecule has 0 saturated heterocycles. The molecule has 0 fully saturated rings. The topological polar surface area (TPSA) is 17.1 Å². The highest BCUT2D eigenvalue weighted by Crippen LogP contribution is 2.22. The number of benzene rings is 1. The van der Waals surface area contributed by atoms with Crippen molar-refractivity contribution in [2.75, 3.05) is 0 Å². The van der Waals surface area contributed by atoms with E-state index in [0.717, 1.165) is 4.82 Å². The first-order chi connectivity index (χ1) is 7.30. The first kappa shape index (κ1) is 13.2. The zero-order chi connectivity index (χ0) is 12.4. The van der Waals surface area contributed by atoms with Gasteiger partial charge in [0.2, 0.25) is 0 Å². The fraction of sp³-hybridized carbons (Fsp3) is 0.385. The predicted octanol–water partition coefficient (Wildman–Crippen LogP) is 2.78. The number of hydrogen-bond acceptors (Lipinski definition) is 1. The minimum absolute atomic E-state index is 1.09. The summed E-state index contributed by atoms with van der Waals surface area (Å²) in [5.41, 5.74) is 0. The van der Waals surface area contributed by atoms with Gasteiger partial charge in [0.15, 0.2) is 0 Å². The summed E-state index contributed by atoms with van der Waals surface area (Å²) in [5.74, 6) is 2.27. The van der Waals surface area contributed by atoms with Crippen LogP contribution in [-0.2, 0) is 4.79 Å². The van der Waals surface area contributed by atoms with Crippen molar-refractivity contribution in [2.24, 2.45) is 0 Å². The third-order valence-corrected chi connectivity index (χ3v) is 11.8. The van der Waals surface area contributed by atoms with E-state index in [1.807, 2.05) is 6.07 Å². The average Bonchev–Trinajstić information content (AvgIpc) is 2.17. The van der Waals surface area contributed by atoms with Crippen LogP contribution in [0.2, 0.25) is 32.7 Å². The molecule has 1 aromatic rings. The predicted molar refractivity (Wildman–Crippen MR) is 76.1 cm³/mol. The molecule has 1 rings (SSSR count). The molecule has 0 unspecified atom stereocenters. The van der Waals surface area contributed by atoms with Crippen LogP contribution in [0.5, 0.6) is 0 Å². The van der Waals surface area contributed by atoms with Gasteiger partial charge in [0.25, 0.3) is 0 Å². The van der Waals surface area contributed by atoms with Gasteiger partial charge in [0, 0.05) is 0 Å². The zero-order valence-corrected chi connectivity index (χ0v) is 12.8. The van der Waals surface area contributed by atoms with Gasteiger partial charge in [0.05, 0.1) is 8.07 Å². The summed E-state index contributed by atoms with van der Waals surface area (Å²) in [7, 11) is -3.34. The van der Waals surface area contributed by atoms with E-state index in [2.05, 4.69) is 62.9 Å². The van der Waals surface area contributed by atoms with E-state index >= 15 is 0 Å². The van der Waals surface area contributed by atoms with Gasteiger partial charge in [-0.15, -0.1) is 0 Å². The molecule has 0 heterocycles. The average molecular weight is 248 g/mol. The number of rotatable bonds is 3. The van der Waals surface area contributed by atoms with Crippen LogP contribution in [0.3, 0.4) is 0 Å². The molecule has 0 spiro atoms. The minimum atomic E-state index is -1.79. The molecule has 0 aliphatic carbocycles. The highest BCUT2D eigenvalue weighted by molar-refractivity contribution is 7.12. The lowest BCUT2D eigenvalue weighted by molar-refractivity contribution is 0.568. The van der Waals surface area contributed by atoms with Crippen LogP contribution in [0.4, 0.5) is 0 Å². The molecule has 0 aromatic heterocycles. The van der Waals surface area contributed by atoms with E-state index in [1.54, 1.807) is 0 Å². The third-order valence-electron chi connectivity index (χ3n) is 2.97. The molecule has 0 atom stereocenters. The first-order valence-electron chi connectivity index (χ1n) is 5.61. The highest BCUT2D eigenvalue weighted by Gasteiger charge is 2.37. The lowest BCUT2D eigenvalue weighted by Crippen LogP contribution is -2.51. The molecule has 0 aliphatic rings. The molecule has 0 radical (unpaired) electrons. The van der Waals surface area contributed by atoms with Crippen molar-refractivity contribution in [3.05, 3.63) is 35.2 Å². The van der Waals surface area contributed by atoms with Crippen LogP contribution in [0, 0.1) is 0 Å². The van der Waals surface area contributed by atoms with Crippen LogP contribution >= 0.6 is 0 Å². The smallest absolute Gasteiger partial charge is 0.116 e. The highest BCUT2D eigenvalue weighted by atomic mass is 28.4. The minimum Gasteiger partial charge on any atom is -0.234 e. The van der Waals surface area contributed by atoms with Gasteiger partial charge in [-0.25, -0.2) is 4.79 Å². The maximum Gasteiger partial charge on any atom is 0.116 e. The molecule has 0 amide bonds. The fourth-order valence-electron chi connectivity index (χ4n) is 2.22. The van der Waals surface area contributed by atoms with Gasteiger partial charge in [-0.2, -0.15) is 0 Å². The lowest BCUT2D eigenvalue weighted by Gasteiger charge is -2.31. The van der Waals surface area contributed by atoms with Crippen molar-refractivity contribution < 1.29 is 4.79 Å². The molecule has 0 aliphatic heterocycles.